The van der Waals surface area contributed by atoms with Crippen molar-refractivity contribution in [3.05, 3.63) is 65.5 Å². The van der Waals surface area contributed by atoms with Crippen molar-refractivity contribution in [2.45, 2.75) is 13.2 Å². The monoisotopic (exact) mass is 351 g/mol. The van der Waals surface area contributed by atoms with Crippen LogP contribution in [0.15, 0.2) is 48.5 Å². The van der Waals surface area contributed by atoms with Gasteiger partial charge in [0, 0.05) is 18.2 Å². The van der Waals surface area contributed by atoms with Gasteiger partial charge in [-0.15, -0.1) is 0 Å². The van der Waals surface area contributed by atoms with Gasteiger partial charge in [-0.3, -0.25) is 4.79 Å². The fourth-order valence-electron chi connectivity index (χ4n) is 2.04. The summed E-state index contributed by atoms with van der Waals surface area (Å²) in [6.07, 6.45) is 2.58. The van der Waals surface area contributed by atoms with Crippen molar-refractivity contribution in [2.24, 2.45) is 0 Å². The highest BCUT2D eigenvalue weighted by Crippen LogP contribution is 2.29. The van der Waals surface area contributed by atoms with Crippen molar-refractivity contribution in [1.29, 1.82) is 0 Å². The number of carbonyl (C=O) groups is 1. The zero-order valence-corrected chi connectivity index (χ0v) is 13.3. The van der Waals surface area contributed by atoms with E-state index >= 15 is 0 Å². The molecule has 4 nitrogen and oxygen atoms in total. The zero-order valence-electron chi connectivity index (χ0n) is 13.3. The van der Waals surface area contributed by atoms with Gasteiger partial charge in [0.2, 0.25) is 5.91 Å². The van der Waals surface area contributed by atoms with E-state index in [4.69, 9.17) is 4.74 Å². The van der Waals surface area contributed by atoms with Crippen LogP contribution < -0.4 is 14.8 Å². The second-order valence-electron chi connectivity index (χ2n) is 4.94. The number of rotatable bonds is 7. The smallest absolute Gasteiger partial charge is 0.387 e. The number of amides is 1. The van der Waals surface area contributed by atoms with Crippen LogP contribution in [-0.2, 0) is 11.3 Å². The molecule has 0 unspecified atom stereocenters. The average molecular weight is 351 g/mol. The normalized spacial score (nSPS) is 10.9. The third-order valence-electron chi connectivity index (χ3n) is 3.23. The van der Waals surface area contributed by atoms with E-state index in [9.17, 15) is 18.0 Å². The molecule has 132 valence electrons. The molecule has 0 aromatic heterocycles. The summed E-state index contributed by atoms with van der Waals surface area (Å²) in [5.74, 6) is -0.804. The van der Waals surface area contributed by atoms with E-state index in [1.807, 2.05) is 0 Å². The summed E-state index contributed by atoms with van der Waals surface area (Å²) in [7, 11) is 1.33. The lowest BCUT2D eigenvalue weighted by Crippen LogP contribution is -2.20. The van der Waals surface area contributed by atoms with Crippen LogP contribution in [0.25, 0.3) is 6.08 Å². The number of hydrogen-bond acceptors (Lipinski definition) is 3. The van der Waals surface area contributed by atoms with Crippen LogP contribution >= 0.6 is 0 Å². The Kier molecular flexibility index (Phi) is 6.45. The summed E-state index contributed by atoms with van der Waals surface area (Å²) in [5.41, 5.74) is 0.930. The average Bonchev–Trinajstić information content (AvgIpc) is 2.59. The fourth-order valence-corrected chi connectivity index (χ4v) is 2.04. The Hall–Kier alpha value is -2.96. The molecule has 0 spiro atoms. The Bertz CT molecular complexity index is 763. The number of benzene rings is 2. The molecule has 0 aliphatic rings. The molecule has 2 aromatic rings. The molecule has 0 heterocycles. The van der Waals surface area contributed by atoms with E-state index in [-0.39, 0.29) is 18.0 Å². The Balaban J connectivity index is 1.96. The van der Waals surface area contributed by atoms with Crippen LogP contribution in [0.4, 0.5) is 13.2 Å². The minimum Gasteiger partial charge on any atom is -0.493 e. The molecular weight excluding hydrogens is 335 g/mol. The molecule has 2 rings (SSSR count). The molecule has 7 heteroatoms. The van der Waals surface area contributed by atoms with Crippen molar-refractivity contribution in [3.8, 4) is 11.5 Å². The van der Waals surface area contributed by atoms with Crippen molar-refractivity contribution in [2.75, 3.05) is 7.11 Å². The quantitative estimate of drug-likeness (QED) is 0.773. The number of alkyl halides is 2. The molecule has 0 saturated heterocycles. The first-order valence-electron chi connectivity index (χ1n) is 7.31. The first-order valence-corrected chi connectivity index (χ1v) is 7.31. The van der Waals surface area contributed by atoms with Gasteiger partial charge in [0.25, 0.3) is 0 Å². The summed E-state index contributed by atoms with van der Waals surface area (Å²) in [6, 6.07) is 10.4. The number of halogens is 3. The van der Waals surface area contributed by atoms with Crippen molar-refractivity contribution in [3.63, 3.8) is 0 Å². The molecule has 25 heavy (non-hydrogen) atoms. The molecule has 0 radical (unpaired) electrons. The van der Waals surface area contributed by atoms with E-state index in [1.165, 1.54) is 43.5 Å². The van der Waals surface area contributed by atoms with E-state index in [0.29, 0.717) is 11.1 Å². The van der Waals surface area contributed by atoms with E-state index in [1.54, 1.807) is 18.2 Å². The van der Waals surface area contributed by atoms with Crippen molar-refractivity contribution >= 4 is 12.0 Å². The second-order valence-corrected chi connectivity index (χ2v) is 4.94. The van der Waals surface area contributed by atoms with Gasteiger partial charge in [-0.2, -0.15) is 8.78 Å². The predicted octanol–water partition coefficient (Wildman–Crippen LogP) is 3.77. The number of nitrogens with one attached hydrogen (secondary N) is 1. The van der Waals surface area contributed by atoms with Crippen LogP contribution in [0, 0.1) is 5.82 Å². The minimum atomic E-state index is -2.96. The lowest BCUT2D eigenvalue weighted by atomic mass is 10.2. The number of hydrogen-bond donors (Lipinski definition) is 1. The Labute approximate surface area is 142 Å². The lowest BCUT2D eigenvalue weighted by molar-refractivity contribution is -0.116. The van der Waals surface area contributed by atoms with Gasteiger partial charge in [0.1, 0.15) is 5.82 Å². The Morgan fingerprint density at radius 3 is 2.64 bits per heavy atom. The van der Waals surface area contributed by atoms with Gasteiger partial charge in [-0.1, -0.05) is 24.3 Å². The highest BCUT2D eigenvalue weighted by molar-refractivity contribution is 5.91. The molecule has 0 aliphatic heterocycles. The SMILES string of the molecule is COc1cc(CNC(=O)/C=C/c2ccccc2F)ccc1OC(F)F. The fraction of sp³-hybridized carbons (Fsp3) is 0.167. The maximum Gasteiger partial charge on any atom is 0.387 e. The highest BCUT2D eigenvalue weighted by Gasteiger charge is 2.11. The number of ether oxygens (including phenoxy) is 2. The van der Waals surface area contributed by atoms with Gasteiger partial charge < -0.3 is 14.8 Å². The maximum atomic E-state index is 13.4. The van der Waals surface area contributed by atoms with Gasteiger partial charge in [0.05, 0.1) is 7.11 Å². The standard InChI is InChI=1S/C18H16F3NO3/c1-24-16-10-12(6-8-15(16)25-18(20)21)11-22-17(23)9-7-13-4-2-3-5-14(13)19/h2-10,18H,11H2,1H3,(H,22,23)/b9-7+. The van der Waals surface area contributed by atoms with E-state index in [2.05, 4.69) is 10.1 Å². The minimum absolute atomic E-state index is 0.0907. The molecule has 2 aromatic carbocycles. The van der Waals surface area contributed by atoms with Crippen LogP contribution in [0.3, 0.4) is 0 Å². The maximum absolute atomic E-state index is 13.4. The Morgan fingerprint density at radius 1 is 1.20 bits per heavy atom. The van der Waals surface area contributed by atoms with Crippen LogP contribution in [-0.4, -0.2) is 19.6 Å². The molecule has 1 amide bonds. The molecule has 0 fully saturated rings. The summed E-state index contributed by atoms with van der Waals surface area (Å²) in [6.45, 7) is -2.81. The van der Waals surface area contributed by atoms with Crippen molar-refractivity contribution < 1.29 is 27.4 Å². The molecule has 0 aliphatic carbocycles. The second kappa shape index (κ2) is 8.77. The van der Waals surface area contributed by atoms with E-state index < -0.39 is 18.3 Å². The summed E-state index contributed by atoms with van der Waals surface area (Å²) in [5, 5.41) is 2.61. The number of methoxy groups -OCH3 is 1. The third-order valence-corrected chi connectivity index (χ3v) is 3.23. The molecular formula is C18H16F3NO3. The summed E-state index contributed by atoms with van der Waals surface area (Å²) in [4.78, 5) is 11.8. The van der Waals surface area contributed by atoms with Gasteiger partial charge in [-0.25, -0.2) is 4.39 Å². The van der Waals surface area contributed by atoms with Crippen LogP contribution in [0.2, 0.25) is 0 Å². The summed E-state index contributed by atoms with van der Waals surface area (Å²) >= 11 is 0. The van der Waals surface area contributed by atoms with Gasteiger partial charge in [0.15, 0.2) is 11.5 Å². The first-order chi connectivity index (χ1) is 12.0. The predicted molar refractivity (Wildman–Crippen MR) is 86.9 cm³/mol. The molecule has 0 bridgehead atoms. The van der Waals surface area contributed by atoms with Crippen LogP contribution in [0.5, 0.6) is 11.5 Å². The van der Waals surface area contributed by atoms with Crippen LogP contribution in [0.1, 0.15) is 11.1 Å². The largest absolute Gasteiger partial charge is 0.493 e. The molecule has 0 atom stereocenters. The van der Waals surface area contributed by atoms with E-state index in [0.717, 1.165) is 0 Å². The van der Waals surface area contributed by atoms with Crippen molar-refractivity contribution in [1.82, 2.24) is 5.32 Å². The number of carbonyl (C=O) groups excluding carboxylic acids is 1. The highest BCUT2D eigenvalue weighted by atomic mass is 19.3. The topological polar surface area (TPSA) is 47.6 Å². The molecule has 1 N–H and O–H groups in total. The summed E-state index contributed by atoms with van der Waals surface area (Å²) < 4.78 is 47.3. The Morgan fingerprint density at radius 2 is 1.96 bits per heavy atom. The molecule has 0 saturated carbocycles. The van der Waals surface area contributed by atoms with Gasteiger partial charge in [-0.05, 0) is 29.8 Å². The zero-order chi connectivity index (χ0) is 18.2. The van der Waals surface area contributed by atoms with Gasteiger partial charge >= 0.3 is 6.61 Å². The lowest BCUT2D eigenvalue weighted by Gasteiger charge is -2.11. The first kappa shape index (κ1) is 18.4. The third kappa shape index (κ3) is 5.56.